The van der Waals surface area contributed by atoms with Crippen LogP contribution in [0.4, 0.5) is 10.5 Å². The predicted molar refractivity (Wildman–Crippen MR) is 79.4 cm³/mol. The van der Waals surface area contributed by atoms with Gasteiger partial charge in [-0.05, 0) is 54.8 Å². The van der Waals surface area contributed by atoms with Crippen LogP contribution in [0.5, 0.6) is 0 Å². The van der Waals surface area contributed by atoms with E-state index in [1.807, 2.05) is 39.0 Å². The molecule has 1 unspecified atom stereocenters. The Hall–Kier alpha value is -1.23. The zero-order chi connectivity index (χ0) is 14.0. The number of benzene rings is 1. The minimum Gasteiger partial charge on any atom is -0.444 e. The molecule has 1 aromatic rings. The Kier molecular flexibility index (Phi) is 4.04. The molecule has 5 heteroatoms. The fourth-order valence-electron chi connectivity index (χ4n) is 2.11. The zero-order valence-corrected chi connectivity index (χ0v) is 13.0. The molecular weight excluding hydrogens is 308 g/mol. The van der Waals surface area contributed by atoms with Crippen molar-refractivity contribution in [1.82, 2.24) is 5.32 Å². The molecule has 19 heavy (non-hydrogen) atoms. The summed E-state index contributed by atoms with van der Waals surface area (Å²) >= 11 is 3.52. The van der Waals surface area contributed by atoms with E-state index in [1.54, 1.807) is 0 Å². The summed E-state index contributed by atoms with van der Waals surface area (Å²) in [4.78, 5) is 11.9. The molecule has 1 aliphatic heterocycles. The van der Waals surface area contributed by atoms with Crippen LogP contribution >= 0.6 is 15.9 Å². The number of carbonyl (C=O) groups is 1. The summed E-state index contributed by atoms with van der Waals surface area (Å²) < 4.78 is 6.32. The van der Waals surface area contributed by atoms with Crippen molar-refractivity contribution in [2.75, 3.05) is 11.9 Å². The van der Waals surface area contributed by atoms with Crippen LogP contribution in [0.3, 0.4) is 0 Å². The Balaban J connectivity index is 2.12. The van der Waals surface area contributed by atoms with E-state index in [9.17, 15) is 4.79 Å². The molecule has 1 heterocycles. The maximum absolute atomic E-state index is 11.9. The minimum atomic E-state index is -0.475. The van der Waals surface area contributed by atoms with E-state index in [0.717, 1.165) is 28.7 Å². The Labute approximate surface area is 122 Å². The van der Waals surface area contributed by atoms with Crippen LogP contribution in [0.25, 0.3) is 0 Å². The molecule has 0 saturated heterocycles. The Morgan fingerprint density at radius 3 is 2.89 bits per heavy atom. The van der Waals surface area contributed by atoms with E-state index >= 15 is 0 Å². The number of carbonyl (C=O) groups excluding carboxylic acids is 1. The van der Waals surface area contributed by atoms with Gasteiger partial charge in [0, 0.05) is 11.0 Å². The van der Waals surface area contributed by atoms with Gasteiger partial charge in [0.25, 0.3) is 0 Å². The van der Waals surface area contributed by atoms with E-state index in [2.05, 4.69) is 26.6 Å². The molecule has 0 aliphatic carbocycles. The summed E-state index contributed by atoms with van der Waals surface area (Å²) in [6, 6.07) is 5.97. The van der Waals surface area contributed by atoms with Gasteiger partial charge < -0.3 is 15.4 Å². The van der Waals surface area contributed by atoms with Crippen LogP contribution in [0, 0.1) is 0 Å². The largest absolute Gasteiger partial charge is 0.444 e. The van der Waals surface area contributed by atoms with Crippen molar-refractivity contribution in [3.8, 4) is 0 Å². The Morgan fingerprint density at radius 1 is 1.47 bits per heavy atom. The average Bonchev–Trinajstić information content (AvgIpc) is 2.28. The molecule has 4 nitrogen and oxygen atoms in total. The third-order valence-electron chi connectivity index (χ3n) is 2.85. The Bertz CT molecular complexity index is 483. The maximum Gasteiger partial charge on any atom is 0.408 e. The van der Waals surface area contributed by atoms with Crippen LogP contribution in [-0.4, -0.2) is 18.2 Å². The highest BCUT2D eigenvalue weighted by molar-refractivity contribution is 9.10. The molecule has 1 amide bonds. The number of para-hydroxylation sites is 1. The lowest BCUT2D eigenvalue weighted by Gasteiger charge is -2.29. The summed E-state index contributed by atoms with van der Waals surface area (Å²) in [7, 11) is 0. The topological polar surface area (TPSA) is 50.4 Å². The van der Waals surface area contributed by atoms with Crippen molar-refractivity contribution >= 4 is 27.7 Å². The first-order valence-corrected chi connectivity index (χ1v) is 7.18. The van der Waals surface area contributed by atoms with Gasteiger partial charge in [0.1, 0.15) is 5.60 Å². The van der Waals surface area contributed by atoms with Crippen molar-refractivity contribution in [1.29, 1.82) is 0 Å². The number of halogens is 1. The van der Waals surface area contributed by atoms with E-state index in [1.165, 1.54) is 0 Å². The molecule has 0 spiro atoms. The fraction of sp³-hybridized carbons (Fsp3) is 0.500. The molecule has 0 radical (unpaired) electrons. The molecule has 1 atom stereocenters. The van der Waals surface area contributed by atoms with E-state index in [4.69, 9.17) is 4.74 Å². The van der Waals surface area contributed by atoms with E-state index in [0.29, 0.717) is 0 Å². The number of nitrogens with one attached hydrogen (secondary N) is 2. The second-order valence-corrected chi connectivity index (χ2v) is 6.47. The molecule has 0 aromatic heterocycles. The lowest BCUT2D eigenvalue weighted by molar-refractivity contribution is 0.0501. The number of rotatable bonds is 1. The lowest BCUT2D eigenvalue weighted by Crippen LogP contribution is -2.37. The van der Waals surface area contributed by atoms with Gasteiger partial charge in [0.2, 0.25) is 0 Å². The van der Waals surface area contributed by atoms with Crippen molar-refractivity contribution in [2.45, 2.75) is 38.8 Å². The van der Waals surface area contributed by atoms with E-state index < -0.39 is 5.60 Å². The SMILES string of the molecule is CC(C)(C)OC(=O)NC1CCNc2c(Br)cccc21. The first-order chi connectivity index (χ1) is 8.87. The van der Waals surface area contributed by atoms with Gasteiger partial charge >= 0.3 is 6.09 Å². The van der Waals surface area contributed by atoms with Gasteiger partial charge in [0.05, 0.1) is 11.7 Å². The average molecular weight is 327 g/mol. The fourth-order valence-corrected chi connectivity index (χ4v) is 2.64. The standard InChI is InChI=1S/C14H19BrN2O2/c1-14(2,3)19-13(18)17-11-7-8-16-12-9(11)5-4-6-10(12)15/h4-6,11,16H,7-8H2,1-3H3,(H,17,18). The monoisotopic (exact) mass is 326 g/mol. The van der Waals surface area contributed by atoms with Crippen LogP contribution in [0.2, 0.25) is 0 Å². The number of hydrogen-bond donors (Lipinski definition) is 2. The van der Waals surface area contributed by atoms with Crippen molar-refractivity contribution in [3.05, 3.63) is 28.2 Å². The molecule has 104 valence electrons. The van der Waals surface area contributed by atoms with Gasteiger partial charge in [-0.1, -0.05) is 12.1 Å². The van der Waals surface area contributed by atoms with Crippen molar-refractivity contribution in [3.63, 3.8) is 0 Å². The van der Waals surface area contributed by atoms with Crippen LogP contribution in [0.15, 0.2) is 22.7 Å². The van der Waals surface area contributed by atoms with Crippen LogP contribution < -0.4 is 10.6 Å². The lowest BCUT2D eigenvalue weighted by atomic mass is 9.98. The molecule has 1 aromatic carbocycles. The third-order valence-corrected chi connectivity index (χ3v) is 3.51. The van der Waals surface area contributed by atoms with Gasteiger partial charge in [-0.25, -0.2) is 4.79 Å². The van der Waals surface area contributed by atoms with Crippen molar-refractivity contribution in [2.24, 2.45) is 0 Å². The smallest absolute Gasteiger partial charge is 0.408 e. The number of alkyl carbamates (subject to hydrolysis) is 1. The van der Waals surface area contributed by atoms with Crippen LogP contribution in [0.1, 0.15) is 38.8 Å². The Morgan fingerprint density at radius 2 is 2.21 bits per heavy atom. The summed E-state index contributed by atoms with van der Waals surface area (Å²) in [6.45, 7) is 6.41. The highest BCUT2D eigenvalue weighted by Crippen LogP contribution is 2.35. The number of anilines is 1. The molecule has 2 N–H and O–H groups in total. The minimum absolute atomic E-state index is 0.0106. The second-order valence-electron chi connectivity index (χ2n) is 5.62. The number of fused-ring (bicyclic) bond motifs is 1. The molecular formula is C14H19BrN2O2. The number of amides is 1. The third kappa shape index (κ3) is 3.62. The quantitative estimate of drug-likeness (QED) is 0.824. The highest BCUT2D eigenvalue weighted by atomic mass is 79.9. The second kappa shape index (κ2) is 5.41. The predicted octanol–water partition coefficient (Wildman–Crippen LogP) is 3.83. The zero-order valence-electron chi connectivity index (χ0n) is 11.4. The first kappa shape index (κ1) is 14.2. The summed E-state index contributed by atoms with van der Waals surface area (Å²) in [6.07, 6.45) is 0.480. The normalized spacial score (nSPS) is 18.2. The first-order valence-electron chi connectivity index (χ1n) is 6.38. The molecule has 0 bridgehead atoms. The van der Waals surface area contributed by atoms with Crippen molar-refractivity contribution < 1.29 is 9.53 Å². The van der Waals surface area contributed by atoms with Gasteiger partial charge in [-0.2, -0.15) is 0 Å². The van der Waals surface area contributed by atoms with E-state index in [-0.39, 0.29) is 12.1 Å². The maximum atomic E-state index is 11.9. The molecule has 0 fully saturated rings. The van der Waals surface area contributed by atoms with Gasteiger partial charge in [0.15, 0.2) is 0 Å². The van der Waals surface area contributed by atoms with Gasteiger partial charge in [-0.3, -0.25) is 0 Å². The molecule has 2 rings (SSSR count). The summed E-state index contributed by atoms with van der Waals surface area (Å²) in [5, 5.41) is 6.28. The highest BCUT2D eigenvalue weighted by Gasteiger charge is 2.25. The van der Waals surface area contributed by atoms with Gasteiger partial charge in [-0.15, -0.1) is 0 Å². The molecule has 1 aliphatic rings. The van der Waals surface area contributed by atoms with Crippen LogP contribution in [-0.2, 0) is 4.74 Å². The summed E-state index contributed by atoms with van der Waals surface area (Å²) in [5.74, 6) is 0. The summed E-state index contributed by atoms with van der Waals surface area (Å²) in [5.41, 5.74) is 1.66. The number of hydrogen-bond acceptors (Lipinski definition) is 3. The number of ether oxygens (including phenoxy) is 1. The molecule has 0 saturated carbocycles.